The van der Waals surface area contributed by atoms with Gasteiger partial charge in [0.2, 0.25) is 0 Å². The van der Waals surface area contributed by atoms with E-state index in [0.717, 1.165) is 16.0 Å². The molecule has 0 aliphatic rings. The second-order valence-electron chi connectivity index (χ2n) is 4.18. The van der Waals surface area contributed by atoms with E-state index in [4.69, 9.17) is 10.5 Å². The lowest BCUT2D eigenvalue weighted by Crippen LogP contribution is -2.02. The zero-order valence-corrected chi connectivity index (χ0v) is 11.8. The molecule has 2 nitrogen and oxygen atoms in total. The van der Waals surface area contributed by atoms with Crippen molar-refractivity contribution in [2.75, 3.05) is 6.26 Å². The van der Waals surface area contributed by atoms with Crippen molar-refractivity contribution in [1.29, 1.82) is 0 Å². The van der Waals surface area contributed by atoms with Crippen LogP contribution < -0.4 is 10.5 Å². The molecule has 2 N–H and O–H groups in total. The highest BCUT2D eigenvalue weighted by Gasteiger charge is 2.11. The third kappa shape index (κ3) is 3.08. The van der Waals surface area contributed by atoms with Gasteiger partial charge in [-0.1, -0.05) is 12.1 Å². The van der Waals surface area contributed by atoms with Crippen molar-refractivity contribution in [3.05, 3.63) is 53.3 Å². The molecule has 0 fully saturated rings. The monoisotopic (exact) mass is 277 g/mol. The van der Waals surface area contributed by atoms with Gasteiger partial charge in [0, 0.05) is 17.0 Å². The third-order valence-corrected chi connectivity index (χ3v) is 3.64. The highest BCUT2D eigenvalue weighted by Crippen LogP contribution is 2.33. The maximum atomic E-state index is 13.7. The van der Waals surface area contributed by atoms with Crippen LogP contribution in [0.1, 0.15) is 11.1 Å². The Hall–Kier alpha value is -1.52. The van der Waals surface area contributed by atoms with Gasteiger partial charge in [-0.25, -0.2) is 4.39 Å². The molecule has 0 spiro atoms. The molecular formula is C15H16FNOS. The summed E-state index contributed by atoms with van der Waals surface area (Å²) in [5.41, 5.74) is 7.61. The summed E-state index contributed by atoms with van der Waals surface area (Å²) in [5.74, 6) is 0.468. The number of ether oxygens (including phenoxy) is 1. The minimum absolute atomic E-state index is 0.230. The smallest absolute Gasteiger partial charge is 0.165 e. The fraction of sp³-hybridized carbons (Fsp3) is 0.200. The van der Waals surface area contributed by atoms with Gasteiger partial charge >= 0.3 is 0 Å². The van der Waals surface area contributed by atoms with Gasteiger partial charge in [-0.15, -0.1) is 11.8 Å². The Morgan fingerprint density at radius 3 is 2.68 bits per heavy atom. The Kier molecular flexibility index (Phi) is 4.45. The summed E-state index contributed by atoms with van der Waals surface area (Å²) in [6.07, 6.45) is 1.98. The van der Waals surface area contributed by atoms with Crippen LogP contribution >= 0.6 is 11.8 Å². The molecule has 0 saturated heterocycles. The average Bonchev–Trinajstić information content (AvgIpc) is 2.42. The number of rotatable bonds is 4. The Morgan fingerprint density at radius 1 is 1.21 bits per heavy atom. The number of hydrogen-bond acceptors (Lipinski definition) is 3. The van der Waals surface area contributed by atoms with Crippen LogP contribution in [0, 0.1) is 12.7 Å². The van der Waals surface area contributed by atoms with Gasteiger partial charge in [0.1, 0.15) is 5.75 Å². The number of hydrogen-bond donors (Lipinski definition) is 1. The highest BCUT2D eigenvalue weighted by molar-refractivity contribution is 7.98. The van der Waals surface area contributed by atoms with Crippen LogP contribution in [0.25, 0.3) is 0 Å². The van der Waals surface area contributed by atoms with E-state index in [1.165, 1.54) is 6.07 Å². The lowest BCUT2D eigenvalue weighted by atomic mass is 10.2. The molecule has 100 valence electrons. The molecule has 0 heterocycles. The van der Waals surface area contributed by atoms with Gasteiger partial charge in [0.25, 0.3) is 0 Å². The quantitative estimate of drug-likeness (QED) is 0.854. The summed E-state index contributed by atoms with van der Waals surface area (Å²) in [6, 6.07) is 10.5. The lowest BCUT2D eigenvalue weighted by molar-refractivity contribution is 0.436. The third-order valence-electron chi connectivity index (χ3n) is 2.82. The van der Waals surface area contributed by atoms with Gasteiger partial charge in [-0.2, -0.15) is 0 Å². The SMILES string of the molecule is CSc1cccc(Oc2cc(C)ccc2F)c1CN. The maximum absolute atomic E-state index is 13.7. The van der Waals surface area contributed by atoms with E-state index in [9.17, 15) is 4.39 Å². The molecular weight excluding hydrogens is 261 g/mol. The Morgan fingerprint density at radius 2 is 2.00 bits per heavy atom. The minimum Gasteiger partial charge on any atom is -0.454 e. The molecule has 2 aromatic rings. The molecule has 0 atom stereocenters. The number of nitrogens with two attached hydrogens (primary N) is 1. The van der Waals surface area contributed by atoms with Crippen LogP contribution in [0.4, 0.5) is 4.39 Å². The van der Waals surface area contributed by atoms with Crippen molar-refractivity contribution in [3.63, 3.8) is 0 Å². The van der Waals surface area contributed by atoms with Crippen molar-refractivity contribution in [2.45, 2.75) is 18.4 Å². The zero-order valence-electron chi connectivity index (χ0n) is 10.9. The predicted molar refractivity (Wildman–Crippen MR) is 77.3 cm³/mol. The zero-order chi connectivity index (χ0) is 13.8. The molecule has 0 unspecified atom stereocenters. The molecule has 4 heteroatoms. The topological polar surface area (TPSA) is 35.2 Å². The van der Waals surface area contributed by atoms with Crippen molar-refractivity contribution < 1.29 is 9.13 Å². The summed E-state index contributed by atoms with van der Waals surface area (Å²) < 4.78 is 19.4. The largest absolute Gasteiger partial charge is 0.454 e. The molecule has 0 aliphatic carbocycles. The van der Waals surface area contributed by atoms with Crippen molar-refractivity contribution in [3.8, 4) is 11.5 Å². The van der Waals surface area contributed by atoms with Gasteiger partial charge in [-0.3, -0.25) is 0 Å². The molecule has 0 aromatic heterocycles. The summed E-state index contributed by atoms with van der Waals surface area (Å²) in [7, 11) is 0. The van der Waals surface area contributed by atoms with Crippen LogP contribution in [0.3, 0.4) is 0 Å². The first kappa shape index (κ1) is 13.9. The van der Waals surface area contributed by atoms with E-state index in [1.54, 1.807) is 23.9 Å². The van der Waals surface area contributed by atoms with E-state index in [-0.39, 0.29) is 11.6 Å². The minimum atomic E-state index is -0.372. The maximum Gasteiger partial charge on any atom is 0.165 e. The summed E-state index contributed by atoms with van der Waals surface area (Å²) in [6.45, 7) is 2.26. The summed E-state index contributed by atoms with van der Waals surface area (Å²) in [5, 5.41) is 0. The predicted octanol–water partition coefficient (Wildman–Crippen LogP) is 4.11. The molecule has 19 heavy (non-hydrogen) atoms. The van der Waals surface area contributed by atoms with Gasteiger partial charge < -0.3 is 10.5 Å². The molecule has 0 saturated carbocycles. The Bertz CT molecular complexity index is 586. The first-order chi connectivity index (χ1) is 9.15. The fourth-order valence-electron chi connectivity index (χ4n) is 1.84. The Balaban J connectivity index is 2.40. The average molecular weight is 277 g/mol. The number of halogens is 1. The van der Waals surface area contributed by atoms with Crippen LogP contribution in [-0.2, 0) is 6.54 Å². The molecule has 0 amide bonds. The molecule has 2 aromatic carbocycles. The van der Waals surface area contributed by atoms with Crippen LogP contribution in [-0.4, -0.2) is 6.26 Å². The van der Waals surface area contributed by atoms with Gasteiger partial charge in [0.05, 0.1) is 0 Å². The first-order valence-corrected chi connectivity index (χ1v) is 7.18. The summed E-state index contributed by atoms with van der Waals surface area (Å²) in [4.78, 5) is 1.05. The molecule has 0 aliphatic heterocycles. The number of benzene rings is 2. The van der Waals surface area contributed by atoms with E-state index in [0.29, 0.717) is 12.3 Å². The number of thioether (sulfide) groups is 1. The van der Waals surface area contributed by atoms with Gasteiger partial charge in [0.15, 0.2) is 11.6 Å². The van der Waals surface area contributed by atoms with Crippen molar-refractivity contribution >= 4 is 11.8 Å². The normalized spacial score (nSPS) is 10.5. The second-order valence-corrected chi connectivity index (χ2v) is 5.03. The number of aryl methyl sites for hydroxylation is 1. The molecule has 0 bridgehead atoms. The second kappa shape index (κ2) is 6.08. The standard InChI is InChI=1S/C15H16FNOS/c1-10-6-7-12(16)14(8-10)18-13-4-3-5-15(19-2)11(13)9-17/h3-8H,9,17H2,1-2H3. The molecule has 2 rings (SSSR count). The van der Waals surface area contributed by atoms with Crippen molar-refractivity contribution in [1.82, 2.24) is 0 Å². The van der Waals surface area contributed by atoms with Crippen LogP contribution in [0.5, 0.6) is 11.5 Å². The van der Waals surface area contributed by atoms with Gasteiger partial charge in [-0.05, 0) is 43.0 Å². The van der Waals surface area contributed by atoms with E-state index in [1.807, 2.05) is 31.4 Å². The van der Waals surface area contributed by atoms with E-state index < -0.39 is 0 Å². The van der Waals surface area contributed by atoms with Crippen molar-refractivity contribution in [2.24, 2.45) is 5.73 Å². The molecule has 0 radical (unpaired) electrons. The lowest BCUT2D eigenvalue weighted by Gasteiger charge is -2.13. The van der Waals surface area contributed by atoms with Crippen LogP contribution in [0.15, 0.2) is 41.3 Å². The highest BCUT2D eigenvalue weighted by atomic mass is 32.2. The fourth-order valence-corrected chi connectivity index (χ4v) is 2.49. The first-order valence-electron chi connectivity index (χ1n) is 5.95. The van der Waals surface area contributed by atoms with E-state index in [2.05, 4.69) is 0 Å². The van der Waals surface area contributed by atoms with E-state index >= 15 is 0 Å². The summed E-state index contributed by atoms with van der Waals surface area (Å²) >= 11 is 1.60. The Labute approximate surface area is 116 Å². The van der Waals surface area contributed by atoms with Crippen LogP contribution in [0.2, 0.25) is 0 Å².